The van der Waals surface area contributed by atoms with Crippen LogP contribution in [0.15, 0.2) is 12.1 Å². The summed E-state index contributed by atoms with van der Waals surface area (Å²) in [5.41, 5.74) is 0.592. The fraction of sp³-hybridized carbons (Fsp3) is 0.737. The van der Waals surface area contributed by atoms with Crippen molar-refractivity contribution in [2.75, 3.05) is 37.6 Å². The van der Waals surface area contributed by atoms with E-state index < -0.39 is 10.2 Å². The molecule has 0 radical (unpaired) electrons. The fourth-order valence-corrected chi connectivity index (χ4v) is 5.27. The zero-order valence-electron chi connectivity index (χ0n) is 17.5. The summed E-state index contributed by atoms with van der Waals surface area (Å²) < 4.78 is 31.3. The molecule has 160 valence electrons. The number of hydrogen-bond donors (Lipinski definition) is 1. The number of fused-ring (bicyclic) bond motifs is 1. The Balaban J connectivity index is 1.35. The molecule has 0 spiro atoms. The quantitative estimate of drug-likeness (QED) is 0.787. The largest absolute Gasteiger partial charge is 0.354 e. The fourth-order valence-electron chi connectivity index (χ4n) is 3.90. The highest BCUT2D eigenvalue weighted by Gasteiger charge is 2.31. The third-order valence-electron chi connectivity index (χ3n) is 5.66. The van der Waals surface area contributed by atoms with Crippen LogP contribution in [0.25, 0.3) is 5.65 Å². The summed E-state index contributed by atoms with van der Waals surface area (Å²) in [5.74, 6) is 1.99. The molecule has 0 unspecified atom stereocenters. The molecule has 2 aliphatic rings. The molecule has 4 heterocycles. The van der Waals surface area contributed by atoms with Crippen LogP contribution in [0.2, 0.25) is 0 Å². The van der Waals surface area contributed by atoms with E-state index in [0.717, 1.165) is 56.1 Å². The number of anilines is 1. The summed E-state index contributed by atoms with van der Waals surface area (Å²) in [4.78, 5) is 2.16. The lowest BCUT2D eigenvalue weighted by Gasteiger charge is -2.40. The third kappa shape index (κ3) is 4.39. The lowest BCUT2D eigenvalue weighted by Crippen LogP contribution is -2.53. The van der Waals surface area contributed by atoms with E-state index in [1.54, 1.807) is 4.31 Å². The average molecular weight is 422 g/mol. The standard InChI is InChI=1S/C19H31N7O2S/c1-19(2,3)18-22-21-16-8-9-17(23-26(16)18)24-13-15(14-24)12-20-29(27,28)25-10-6-4-5-7-11-25/h8-9,15,20H,4-7,10-14H2,1-3H3. The van der Waals surface area contributed by atoms with Gasteiger partial charge in [-0.05, 0) is 25.0 Å². The molecular weight excluding hydrogens is 390 g/mol. The van der Waals surface area contributed by atoms with Crippen LogP contribution in [-0.2, 0) is 15.6 Å². The zero-order valence-corrected chi connectivity index (χ0v) is 18.3. The van der Waals surface area contributed by atoms with Gasteiger partial charge in [0.05, 0.1) is 0 Å². The summed E-state index contributed by atoms with van der Waals surface area (Å²) >= 11 is 0. The number of aromatic nitrogens is 4. The van der Waals surface area contributed by atoms with Gasteiger partial charge in [0, 0.05) is 44.1 Å². The Bertz CT molecular complexity index is 953. The predicted molar refractivity (Wildman–Crippen MR) is 112 cm³/mol. The first-order valence-corrected chi connectivity index (χ1v) is 11.9. The summed E-state index contributed by atoms with van der Waals surface area (Å²) in [5, 5.41) is 13.2. The molecular formula is C19H31N7O2S. The Kier molecular flexibility index (Phi) is 5.52. The minimum Gasteiger partial charge on any atom is -0.354 e. The topological polar surface area (TPSA) is 95.7 Å². The van der Waals surface area contributed by atoms with Gasteiger partial charge >= 0.3 is 0 Å². The maximum absolute atomic E-state index is 12.6. The molecule has 0 atom stereocenters. The Morgan fingerprint density at radius 2 is 1.76 bits per heavy atom. The van der Waals surface area contributed by atoms with Crippen molar-refractivity contribution in [2.45, 2.75) is 51.9 Å². The summed E-state index contributed by atoms with van der Waals surface area (Å²) in [7, 11) is -3.37. The van der Waals surface area contributed by atoms with Gasteiger partial charge in [0.1, 0.15) is 5.82 Å². The molecule has 0 bridgehead atoms. The minimum absolute atomic E-state index is 0.145. The van der Waals surface area contributed by atoms with E-state index >= 15 is 0 Å². The molecule has 9 nitrogen and oxygen atoms in total. The van der Waals surface area contributed by atoms with Gasteiger partial charge in [-0.15, -0.1) is 15.3 Å². The van der Waals surface area contributed by atoms with Crippen molar-refractivity contribution in [1.29, 1.82) is 0 Å². The van der Waals surface area contributed by atoms with Gasteiger partial charge in [0.2, 0.25) is 0 Å². The van der Waals surface area contributed by atoms with Crippen molar-refractivity contribution in [3.63, 3.8) is 0 Å². The molecule has 0 amide bonds. The summed E-state index contributed by atoms with van der Waals surface area (Å²) in [6.45, 7) is 9.57. The molecule has 2 aromatic rings. The molecule has 4 rings (SSSR count). The van der Waals surface area contributed by atoms with Crippen LogP contribution in [0.3, 0.4) is 0 Å². The van der Waals surface area contributed by atoms with E-state index in [1.165, 1.54) is 0 Å². The molecule has 29 heavy (non-hydrogen) atoms. The minimum atomic E-state index is -3.37. The van der Waals surface area contributed by atoms with Gasteiger partial charge in [0.15, 0.2) is 11.5 Å². The zero-order chi connectivity index (χ0) is 20.6. The smallest absolute Gasteiger partial charge is 0.279 e. The molecule has 0 aromatic carbocycles. The second kappa shape index (κ2) is 7.81. The first-order chi connectivity index (χ1) is 13.7. The normalized spacial score (nSPS) is 20.0. The molecule has 0 aliphatic carbocycles. The van der Waals surface area contributed by atoms with Crippen molar-refractivity contribution in [2.24, 2.45) is 5.92 Å². The van der Waals surface area contributed by atoms with E-state index in [0.29, 0.717) is 19.6 Å². The van der Waals surface area contributed by atoms with Crippen LogP contribution in [0.5, 0.6) is 0 Å². The monoisotopic (exact) mass is 421 g/mol. The average Bonchev–Trinajstić information content (AvgIpc) is 2.85. The van der Waals surface area contributed by atoms with E-state index in [2.05, 4.69) is 40.6 Å². The first kappa shape index (κ1) is 20.5. The lowest BCUT2D eigenvalue weighted by atomic mass is 9.96. The van der Waals surface area contributed by atoms with Gasteiger partial charge in [-0.25, -0.2) is 4.72 Å². The van der Waals surface area contributed by atoms with Crippen LogP contribution < -0.4 is 9.62 Å². The van der Waals surface area contributed by atoms with Crippen LogP contribution in [-0.4, -0.2) is 65.3 Å². The van der Waals surface area contributed by atoms with E-state index in [4.69, 9.17) is 5.10 Å². The molecule has 2 saturated heterocycles. The summed E-state index contributed by atoms with van der Waals surface area (Å²) in [6, 6.07) is 3.88. The Morgan fingerprint density at radius 1 is 1.07 bits per heavy atom. The maximum atomic E-state index is 12.6. The van der Waals surface area contributed by atoms with Crippen molar-refractivity contribution < 1.29 is 8.42 Å². The molecule has 2 aliphatic heterocycles. The van der Waals surface area contributed by atoms with Crippen molar-refractivity contribution in [3.8, 4) is 0 Å². The Morgan fingerprint density at radius 3 is 2.41 bits per heavy atom. The predicted octanol–water partition coefficient (Wildman–Crippen LogP) is 1.57. The maximum Gasteiger partial charge on any atom is 0.279 e. The number of nitrogens with zero attached hydrogens (tertiary/aromatic N) is 6. The molecule has 2 fully saturated rings. The van der Waals surface area contributed by atoms with Gasteiger partial charge in [-0.2, -0.15) is 17.2 Å². The SMILES string of the molecule is CC(C)(C)c1nnc2ccc(N3CC(CNS(=O)(=O)N4CCCCCC4)C3)nn12. The van der Waals surface area contributed by atoms with Gasteiger partial charge in [-0.3, -0.25) is 0 Å². The highest BCUT2D eigenvalue weighted by Crippen LogP contribution is 2.25. The van der Waals surface area contributed by atoms with Crippen molar-refractivity contribution >= 4 is 21.7 Å². The van der Waals surface area contributed by atoms with Crippen LogP contribution in [0.1, 0.15) is 52.3 Å². The van der Waals surface area contributed by atoms with Crippen LogP contribution >= 0.6 is 0 Å². The molecule has 2 aromatic heterocycles. The first-order valence-electron chi connectivity index (χ1n) is 10.5. The van der Waals surface area contributed by atoms with Gasteiger partial charge in [0.25, 0.3) is 10.2 Å². The molecule has 10 heteroatoms. The van der Waals surface area contributed by atoms with Gasteiger partial charge in [-0.1, -0.05) is 33.6 Å². The van der Waals surface area contributed by atoms with Gasteiger partial charge < -0.3 is 4.90 Å². The highest BCUT2D eigenvalue weighted by atomic mass is 32.2. The Labute approximate surface area is 172 Å². The van der Waals surface area contributed by atoms with E-state index in [1.807, 2.05) is 16.6 Å². The summed E-state index contributed by atoms with van der Waals surface area (Å²) in [6.07, 6.45) is 4.13. The number of rotatable bonds is 5. The van der Waals surface area contributed by atoms with Crippen LogP contribution in [0.4, 0.5) is 5.82 Å². The lowest BCUT2D eigenvalue weighted by molar-refractivity contribution is 0.380. The van der Waals surface area contributed by atoms with Crippen molar-refractivity contribution in [3.05, 3.63) is 18.0 Å². The highest BCUT2D eigenvalue weighted by molar-refractivity contribution is 7.87. The van der Waals surface area contributed by atoms with E-state index in [-0.39, 0.29) is 11.3 Å². The molecule has 0 saturated carbocycles. The number of hydrogen-bond acceptors (Lipinski definition) is 6. The third-order valence-corrected chi connectivity index (χ3v) is 7.24. The second-order valence-electron chi connectivity index (χ2n) is 9.17. The van der Waals surface area contributed by atoms with Crippen molar-refractivity contribution in [1.82, 2.24) is 28.8 Å². The number of nitrogens with one attached hydrogen (secondary N) is 1. The second-order valence-corrected chi connectivity index (χ2v) is 10.9. The molecule has 1 N–H and O–H groups in total. The van der Waals surface area contributed by atoms with E-state index in [9.17, 15) is 8.42 Å². The Hall–Kier alpha value is -1.78. The van der Waals surface area contributed by atoms with Crippen LogP contribution in [0, 0.1) is 5.92 Å².